The third-order valence-electron chi connectivity index (χ3n) is 7.33. The number of aliphatic hydroxyl groups is 1. The van der Waals surface area contributed by atoms with Gasteiger partial charge in [0.2, 0.25) is 0 Å². The molecular formula is C15H20O3. The zero-order chi connectivity index (χ0) is 12.2. The molecule has 18 heavy (non-hydrogen) atoms. The van der Waals surface area contributed by atoms with Crippen LogP contribution < -0.4 is 0 Å². The molecule has 1 aliphatic heterocycles. The van der Waals surface area contributed by atoms with Crippen molar-refractivity contribution in [2.75, 3.05) is 6.61 Å². The van der Waals surface area contributed by atoms with E-state index in [2.05, 4.69) is 6.92 Å². The summed E-state index contributed by atoms with van der Waals surface area (Å²) < 4.78 is 5.31. The fourth-order valence-electron chi connectivity index (χ4n) is 6.89. The van der Waals surface area contributed by atoms with E-state index in [1.54, 1.807) is 0 Å². The minimum absolute atomic E-state index is 0.0768. The van der Waals surface area contributed by atoms with E-state index in [0.29, 0.717) is 48.0 Å². The first-order valence-corrected chi connectivity index (χ1v) is 7.53. The van der Waals surface area contributed by atoms with Crippen molar-refractivity contribution in [2.24, 2.45) is 53.3 Å². The predicted octanol–water partition coefficient (Wildman–Crippen LogP) is 1.30. The molecule has 0 aromatic rings. The lowest BCUT2D eigenvalue weighted by Gasteiger charge is -2.43. The number of ether oxygens (including phenoxy) is 1. The molecule has 10 atom stereocenters. The van der Waals surface area contributed by atoms with E-state index in [-0.39, 0.29) is 18.0 Å². The van der Waals surface area contributed by atoms with Crippen LogP contribution >= 0.6 is 0 Å². The SMILES string of the molecule is CC1C(O)C2CC1C1C3CC(C4COC(=O)C43)C21. The van der Waals surface area contributed by atoms with Gasteiger partial charge >= 0.3 is 5.97 Å². The smallest absolute Gasteiger partial charge is 0.309 e. The zero-order valence-electron chi connectivity index (χ0n) is 10.7. The first-order valence-electron chi connectivity index (χ1n) is 7.53. The maximum Gasteiger partial charge on any atom is 0.309 e. The number of esters is 1. The Hall–Kier alpha value is -0.570. The van der Waals surface area contributed by atoms with E-state index in [1.165, 1.54) is 12.8 Å². The molecule has 4 aliphatic carbocycles. The van der Waals surface area contributed by atoms with Gasteiger partial charge in [0.15, 0.2) is 0 Å². The van der Waals surface area contributed by atoms with Gasteiger partial charge in [0.25, 0.3) is 0 Å². The maximum absolute atomic E-state index is 11.9. The average molecular weight is 248 g/mol. The first kappa shape index (κ1) is 10.2. The van der Waals surface area contributed by atoms with Crippen molar-refractivity contribution >= 4 is 5.97 Å². The third-order valence-corrected chi connectivity index (χ3v) is 7.33. The van der Waals surface area contributed by atoms with Gasteiger partial charge in [-0.15, -0.1) is 0 Å². The number of aliphatic hydroxyl groups excluding tert-OH is 1. The van der Waals surface area contributed by atoms with Crippen LogP contribution in [0.25, 0.3) is 0 Å². The van der Waals surface area contributed by atoms with Crippen LogP contribution in [0.3, 0.4) is 0 Å². The number of hydrogen-bond acceptors (Lipinski definition) is 3. The van der Waals surface area contributed by atoms with Gasteiger partial charge in [-0.3, -0.25) is 4.79 Å². The molecule has 1 N–H and O–H groups in total. The van der Waals surface area contributed by atoms with Crippen molar-refractivity contribution in [1.29, 1.82) is 0 Å². The minimum atomic E-state index is -0.0768. The van der Waals surface area contributed by atoms with Crippen LogP contribution in [-0.4, -0.2) is 23.8 Å². The lowest BCUT2D eigenvalue weighted by molar-refractivity contribution is -0.143. The third kappa shape index (κ3) is 0.880. The number of cyclic esters (lactones) is 1. The van der Waals surface area contributed by atoms with Gasteiger partial charge in [-0.05, 0) is 54.3 Å². The summed E-state index contributed by atoms with van der Waals surface area (Å²) in [6.45, 7) is 2.87. The van der Waals surface area contributed by atoms with Crippen LogP contribution in [0.4, 0.5) is 0 Å². The Kier molecular flexibility index (Phi) is 1.68. The number of carbonyl (C=O) groups excluding carboxylic acids is 1. The van der Waals surface area contributed by atoms with Crippen LogP contribution in [0, 0.1) is 53.3 Å². The largest absolute Gasteiger partial charge is 0.465 e. The van der Waals surface area contributed by atoms with Crippen LogP contribution in [-0.2, 0) is 9.53 Å². The summed E-state index contributed by atoms with van der Waals surface area (Å²) in [6, 6.07) is 0. The fourth-order valence-corrected chi connectivity index (χ4v) is 6.89. The number of carbonyl (C=O) groups is 1. The maximum atomic E-state index is 11.9. The van der Waals surface area contributed by atoms with E-state index >= 15 is 0 Å². The molecule has 98 valence electrons. The number of fused-ring (bicyclic) bond motifs is 12. The van der Waals surface area contributed by atoms with E-state index in [0.717, 1.165) is 5.92 Å². The Labute approximate surface area is 107 Å². The standard InChI is InChI=1S/C15H20O3/c1-5-6-2-9(14(5)16)12-7-3-8(11(6)12)13-10(7)4-18-15(13)17/h5-14,16H,2-4H2,1H3. The van der Waals surface area contributed by atoms with Gasteiger partial charge in [-0.2, -0.15) is 0 Å². The first-order chi connectivity index (χ1) is 8.68. The molecule has 0 aromatic heterocycles. The molecule has 0 spiro atoms. The van der Waals surface area contributed by atoms with Crippen LogP contribution in [0.5, 0.6) is 0 Å². The Morgan fingerprint density at radius 3 is 2.61 bits per heavy atom. The lowest BCUT2D eigenvalue weighted by atomic mass is 9.61. The Bertz CT molecular complexity index is 433. The molecule has 0 aromatic carbocycles. The summed E-state index contributed by atoms with van der Waals surface area (Å²) in [4.78, 5) is 11.9. The summed E-state index contributed by atoms with van der Waals surface area (Å²) in [5, 5.41) is 10.4. The molecular weight excluding hydrogens is 228 g/mol. The van der Waals surface area contributed by atoms with Gasteiger partial charge in [-0.1, -0.05) is 6.92 Å². The highest BCUT2D eigenvalue weighted by molar-refractivity contribution is 5.76. The van der Waals surface area contributed by atoms with E-state index in [1.807, 2.05) is 0 Å². The summed E-state index contributed by atoms with van der Waals surface area (Å²) >= 11 is 0. The molecule has 3 heteroatoms. The van der Waals surface area contributed by atoms with Crippen molar-refractivity contribution in [3.05, 3.63) is 0 Å². The van der Waals surface area contributed by atoms with Gasteiger partial charge in [0.05, 0.1) is 18.6 Å². The monoisotopic (exact) mass is 248 g/mol. The zero-order valence-corrected chi connectivity index (χ0v) is 10.7. The van der Waals surface area contributed by atoms with E-state index in [4.69, 9.17) is 4.74 Å². The van der Waals surface area contributed by atoms with Crippen molar-refractivity contribution in [3.8, 4) is 0 Å². The highest BCUT2D eigenvalue weighted by Crippen LogP contribution is 2.72. The summed E-state index contributed by atoms with van der Waals surface area (Å²) in [6.07, 6.45) is 2.39. The molecule has 0 radical (unpaired) electrons. The topological polar surface area (TPSA) is 46.5 Å². The van der Waals surface area contributed by atoms with Gasteiger partial charge in [0.1, 0.15) is 0 Å². The van der Waals surface area contributed by atoms with Gasteiger partial charge in [0, 0.05) is 5.92 Å². The molecule has 5 aliphatic rings. The second-order valence-electron chi connectivity index (χ2n) is 7.45. The summed E-state index contributed by atoms with van der Waals surface area (Å²) in [5.74, 6) is 5.16. The highest BCUT2D eigenvalue weighted by atomic mass is 16.5. The van der Waals surface area contributed by atoms with Gasteiger partial charge < -0.3 is 9.84 Å². The van der Waals surface area contributed by atoms with Crippen molar-refractivity contribution < 1.29 is 14.6 Å². The minimum Gasteiger partial charge on any atom is -0.465 e. The normalized spacial score (nSPS) is 67.3. The molecule has 5 rings (SSSR count). The number of rotatable bonds is 0. The molecule has 1 saturated heterocycles. The molecule has 4 saturated carbocycles. The molecule has 4 bridgehead atoms. The predicted molar refractivity (Wildman–Crippen MR) is 63.3 cm³/mol. The Balaban J connectivity index is 1.57. The molecule has 3 nitrogen and oxygen atoms in total. The fraction of sp³-hybridized carbons (Fsp3) is 0.933. The Morgan fingerprint density at radius 1 is 1.06 bits per heavy atom. The van der Waals surface area contributed by atoms with E-state index < -0.39 is 0 Å². The second kappa shape index (κ2) is 2.95. The van der Waals surface area contributed by atoms with Crippen molar-refractivity contribution in [2.45, 2.75) is 25.9 Å². The van der Waals surface area contributed by atoms with Crippen molar-refractivity contribution in [3.63, 3.8) is 0 Å². The van der Waals surface area contributed by atoms with Crippen LogP contribution in [0.2, 0.25) is 0 Å². The lowest BCUT2D eigenvalue weighted by Crippen LogP contribution is -2.45. The molecule has 1 heterocycles. The summed E-state index contributed by atoms with van der Waals surface area (Å²) in [5.41, 5.74) is 0. The van der Waals surface area contributed by atoms with Crippen LogP contribution in [0.1, 0.15) is 19.8 Å². The quantitative estimate of drug-likeness (QED) is 0.519. The Morgan fingerprint density at radius 2 is 1.78 bits per heavy atom. The van der Waals surface area contributed by atoms with E-state index in [9.17, 15) is 9.90 Å². The average Bonchev–Trinajstić information content (AvgIpc) is 3.06. The summed E-state index contributed by atoms with van der Waals surface area (Å²) in [7, 11) is 0. The van der Waals surface area contributed by atoms with Crippen LogP contribution in [0.15, 0.2) is 0 Å². The van der Waals surface area contributed by atoms with Gasteiger partial charge in [-0.25, -0.2) is 0 Å². The molecule has 0 amide bonds. The molecule has 5 fully saturated rings. The number of hydrogen-bond donors (Lipinski definition) is 1. The van der Waals surface area contributed by atoms with Crippen molar-refractivity contribution in [1.82, 2.24) is 0 Å². The molecule has 10 unspecified atom stereocenters. The highest BCUT2D eigenvalue weighted by Gasteiger charge is 2.71. The second-order valence-corrected chi connectivity index (χ2v) is 7.45.